The van der Waals surface area contributed by atoms with Crippen molar-refractivity contribution < 1.29 is 9.90 Å². The van der Waals surface area contributed by atoms with Gasteiger partial charge < -0.3 is 10.0 Å². The van der Waals surface area contributed by atoms with Crippen LogP contribution in [0.25, 0.3) is 0 Å². The molecule has 3 nitrogen and oxygen atoms in total. The number of aliphatic hydroxyl groups excluding tert-OH is 1. The highest BCUT2D eigenvalue weighted by Gasteiger charge is 2.32. The Morgan fingerprint density at radius 3 is 2.45 bits per heavy atom. The van der Waals surface area contributed by atoms with Gasteiger partial charge in [-0.2, -0.15) is 0 Å². The zero-order chi connectivity index (χ0) is 14.5. The van der Waals surface area contributed by atoms with E-state index in [1.165, 1.54) is 32.1 Å². The molecule has 1 aliphatic heterocycles. The number of likely N-dealkylation sites (tertiary alicyclic amines) is 1. The number of carbonyl (C=O) groups excluding carboxylic acids is 1. The van der Waals surface area contributed by atoms with Gasteiger partial charge in [-0.05, 0) is 38.5 Å². The number of nitrogens with zero attached hydrogens (tertiary/aromatic N) is 1. The minimum Gasteiger partial charge on any atom is -0.393 e. The predicted octanol–water partition coefficient (Wildman–Crippen LogP) is 3.35. The van der Waals surface area contributed by atoms with E-state index in [2.05, 4.69) is 11.8 Å². The van der Waals surface area contributed by atoms with Crippen molar-refractivity contribution in [3.63, 3.8) is 0 Å². The fourth-order valence-electron chi connectivity index (χ4n) is 4.07. The summed E-state index contributed by atoms with van der Waals surface area (Å²) in [5, 5.41) is 9.57. The van der Waals surface area contributed by atoms with Gasteiger partial charge in [-0.25, -0.2) is 0 Å². The first-order valence-electron chi connectivity index (χ1n) is 8.56. The summed E-state index contributed by atoms with van der Waals surface area (Å²) in [5.74, 6) is 1.26. The Balaban J connectivity index is 1.85. The van der Waals surface area contributed by atoms with E-state index in [4.69, 9.17) is 0 Å². The van der Waals surface area contributed by atoms with Crippen LogP contribution in [0.4, 0.5) is 0 Å². The predicted molar refractivity (Wildman–Crippen MR) is 81.4 cm³/mol. The van der Waals surface area contributed by atoms with Crippen LogP contribution in [0.1, 0.15) is 71.6 Å². The van der Waals surface area contributed by atoms with E-state index in [9.17, 15) is 9.90 Å². The molecule has 3 unspecified atom stereocenters. The molecule has 1 saturated carbocycles. The summed E-state index contributed by atoms with van der Waals surface area (Å²) in [6.07, 6.45) is 10.4. The van der Waals surface area contributed by atoms with Crippen molar-refractivity contribution in [2.45, 2.75) is 83.8 Å². The average Bonchev–Trinajstić information content (AvgIpc) is 2.86. The molecule has 0 aromatic heterocycles. The third kappa shape index (κ3) is 4.21. The average molecular weight is 281 g/mol. The van der Waals surface area contributed by atoms with Crippen molar-refractivity contribution in [2.24, 2.45) is 11.8 Å². The summed E-state index contributed by atoms with van der Waals surface area (Å²) in [6, 6.07) is 0.274. The molecule has 0 spiro atoms. The van der Waals surface area contributed by atoms with E-state index in [-0.39, 0.29) is 18.1 Å². The number of amides is 1. The van der Waals surface area contributed by atoms with Crippen LogP contribution in [0, 0.1) is 11.8 Å². The highest BCUT2D eigenvalue weighted by Crippen LogP contribution is 2.31. The lowest BCUT2D eigenvalue weighted by Crippen LogP contribution is -2.40. The molecule has 3 heteroatoms. The maximum Gasteiger partial charge on any atom is 0.225 e. The Hall–Kier alpha value is -0.570. The van der Waals surface area contributed by atoms with Gasteiger partial charge in [0.1, 0.15) is 0 Å². The number of hydrogen-bond acceptors (Lipinski definition) is 2. The molecule has 3 atom stereocenters. The first-order valence-corrected chi connectivity index (χ1v) is 8.56. The smallest absolute Gasteiger partial charge is 0.225 e. The van der Waals surface area contributed by atoms with E-state index >= 15 is 0 Å². The molecule has 1 aliphatic carbocycles. The lowest BCUT2D eigenvalue weighted by Gasteiger charge is -2.30. The van der Waals surface area contributed by atoms with Gasteiger partial charge in [-0.15, -0.1) is 0 Å². The van der Waals surface area contributed by atoms with Crippen molar-refractivity contribution in [1.29, 1.82) is 0 Å². The van der Waals surface area contributed by atoms with Crippen molar-refractivity contribution in [3.05, 3.63) is 0 Å². The van der Waals surface area contributed by atoms with Gasteiger partial charge in [0.25, 0.3) is 0 Å². The number of rotatable bonds is 5. The van der Waals surface area contributed by atoms with E-state index in [0.29, 0.717) is 5.91 Å². The van der Waals surface area contributed by atoms with Crippen LogP contribution < -0.4 is 0 Å². The zero-order valence-corrected chi connectivity index (χ0v) is 13.2. The third-order valence-electron chi connectivity index (χ3n) is 5.11. The second-order valence-electron chi connectivity index (χ2n) is 7.05. The van der Waals surface area contributed by atoms with Crippen molar-refractivity contribution in [1.82, 2.24) is 4.90 Å². The normalized spacial score (nSPS) is 27.6. The molecule has 1 saturated heterocycles. The summed E-state index contributed by atoms with van der Waals surface area (Å²) in [5.41, 5.74) is 0. The van der Waals surface area contributed by atoms with E-state index < -0.39 is 0 Å². The molecular weight excluding hydrogens is 250 g/mol. The lowest BCUT2D eigenvalue weighted by atomic mass is 9.83. The van der Waals surface area contributed by atoms with Crippen LogP contribution in [-0.2, 0) is 4.79 Å². The fourth-order valence-corrected chi connectivity index (χ4v) is 4.07. The van der Waals surface area contributed by atoms with Gasteiger partial charge in [0.2, 0.25) is 5.91 Å². The Morgan fingerprint density at radius 1 is 1.10 bits per heavy atom. The maximum atomic E-state index is 12.7. The lowest BCUT2D eigenvalue weighted by molar-refractivity contribution is -0.136. The molecular formula is C17H31NO2. The van der Waals surface area contributed by atoms with Crippen LogP contribution in [0.15, 0.2) is 0 Å². The van der Waals surface area contributed by atoms with E-state index in [1.54, 1.807) is 0 Å². The molecule has 116 valence electrons. The van der Waals surface area contributed by atoms with Crippen LogP contribution in [-0.4, -0.2) is 34.6 Å². The van der Waals surface area contributed by atoms with Gasteiger partial charge in [0.05, 0.1) is 6.10 Å². The Labute approximate surface area is 123 Å². The van der Waals surface area contributed by atoms with Gasteiger partial charge in [-0.3, -0.25) is 4.79 Å². The second-order valence-corrected chi connectivity index (χ2v) is 7.05. The SMILES string of the molecule is CC(O)CC1CCCN1C(=O)C(C)CC1CCCCC1. The summed E-state index contributed by atoms with van der Waals surface area (Å²) in [6.45, 7) is 4.83. The minimum absolute atomic E-state index is 0.160. The van der Waals surface area contributed by atoms with Crippen LogP contribution in [0.2, 0.25) is 0 Å². The fraction of sp³-hybridized carbons (Fsp3) is 0.941. The summed E-state index contributed by atoms with van der Waals surface area (Å²) >= 11 is 0. The van der Waals surface area contributed by atoms with Gasteiger partial charge in [0, 0.05) is 18.5 Å². The Morgan fingerprint density at radius 2 is 1.80 bits per heavy atom. The molecule has 2 fully saturated rings. The number of aliphatic hydroxyl groups is 1. The second kappa shape index (κ2) is 7.44. The third-order valence-corrected chi connectivity index (χ3v) is 5.11. The van der Waals surface area contributed by atoms with Gasteiger partial charge in [-0.1, -0.05) is 39.0 Å². The highest BCUT2D eigenvalue weighted by atomic mass is 16.3. The molecule has 2 aliphatic rings. The van der Waals surface area contributed by atoms with Crippen LogP contribution in [0.5, 0.6) is 0 Å². The summed E-state index contributed by atoms with van der Waals surface area (Å²) in [7, 11) is 0. The highest BCUT2D eigenvalue weighted by molar-refractivity contribution is 5.79. The molecule has 0 aromatic carbocycles. The first kappa shape index (κ1) is 15.8. The molecule has 0 aromatic rings. The van der Waals surface area contributed by atoms with Gasteiger partial charge in [0.15, 0.2) is 0 Å². The maximum absolute atomic E-state index is 12.7. The van der Waals surface area contributed by atoms with Crippen molar-refractivity contribution >= 4 is 5.91 Å². The molecule has 1 heterocycles. The summed E-state index contributed by atoms with van der Waals surface area (Å²) in [4.78, 5) is 14.7. The molecule has 20 heavy (non-hydrogen) atoms. The standard InChI is InChI=1S/C17H31NO2/c1-13(11-15-7-4-3-5-8-15)17(20)18-10-6-9-16(18)12-14(2)19/h13-16,19H,3-12H2,1-2H3. The molecule has 1 amide bonds. The molecule has 0 bridgehead atoms. The van der Waals surface area contributed by atoms with Crippen LogP contribution in [0.3, 0.4) is 0 Å². The Kier molecular flexibility index (Phi) is 5.88. The van der Waals surface area contributed by atoms with Crippen molar-refractivity contribution in [2.75, 3.05) is 6.54 Å². The topological polar surface area (TPSA) is 40.5 Å². The largest absolute Gasteiger partial charge is 0.393 e. The summed E-state index contributed by atoms with van der Waals surface area (Å²) < 4.78 is 0. The van der Waals surface area contributed by atoms with Gasteiger partial charge >= 0.3 is 0 Å². The van der Waals surface area contributed by atoms with Crippen LogP contribution >= 0.6 is 0 Å². The quantitative estimate of drug-likeness (QED) is 0.839. The number of carbonyl (C=O) groups is 1. The Bertz CT molecular complexity index is 310. The monoisotopic (exact) mass is 281 g/mol. The van der Waals surface area contributed by atoms with E-state index in [0.717, 1.165) is 38.1 Å². The van der Waals surface area contributed by atoms with E-state index in [1.807, 2.05) is 6.92 Å². The molecule has 2 rings (SSSR count). The first-order chi connectivity index (χ1) is 9.58. The zero-order valence-electron chi connectivity index (χ0n) is 13.2. The minimum atomic E-state index is -0.304. The molecule has 0 radical (unpaired) electrons. The number of hydrogen-bond donors (Lipinski definition) is 1. The van der Waals surface area contributed by atoms with Crippen molar-refractivity contribution in [3.8, 4) is 0 Å². The molecule has 1 N–H and O–H groups in total.